The van der Waals surface area contributed by atoms with Gasteiger partial charge >= 0.3 is 0 Å². The fraction of sp³-hybridized carbons (Fsp3) is 0.240. The van der Waals surface area contributed by atoms with Crippen LogP contribution >= 0.6 is 0 Å². The molecule has 0 spiro atoms. The van der Waals surface area contributed by atoms with Crippen molar-refractivity contribution in [2.75, 3.05) is 18.4 Å². The molecule has 1 amide bonds. The van der Waals surface area contributed by atoms with Crippen LogP contribution in [0.5, 0.6) is 0 Å². The third kappa shape index (κ3) is 5.69. The predicted molar refractivity (Wildman–Crippen MR) is 123 cm³/mol. The van der Waals surface area contributed by atoms with Gasteiger partial charge in [0.25, 0.3) is 5.69 Å². The van der Waals surface area contributed by atoms with E-state index in [2.05, 4.69) is 41.8 Å². The second kappa shape index (κ2) is 10.4. The van der Waals surface area contributed by atoms with Gasteiger partial charge in [-0.1, -0.05) is 72.8 Å². The van der Waals surface area contributed by atoms with Crippen molar-refractivity contribution in [2.45, 2.75) is 25.2 Å². The van der Waals surface area contributed by atoms with Crippen molar-refractivity contribution in [3.05, 3.63) is 106 Å². The van der Waals surface area contributed by atoms with Gasteiger partial charge < -0.3 is 10.6 Å². The molecular weight excluding hydrogens is 390 g/mol. The first-order chi connectivity index (χ1) is 15.0. The van der Waals surface area contributed by atoms with E-state index < -0.39 is 4.92 Å². The first-order valence-corrected chi connectivity index (χ1v) is 10.4. The molecule has 31 heavy (non-hydrogen) atoms. The normalized spacial score (nSPS) is 11.0. The van der Waals surface area contributed by atoms with Crippen molar-refractivity contribution in [3.63, 3.8) is 0 Å². The van der Waals surface area contributed by atoms with E-state index in [0.29, 0.717) is 31.6 Å². The van der Waals surface area contributed by atoms with Crippen LogP contribution in [0.1, 0.15) is 30.9 Å². The van der Waals surface area contributed by atoms with Gasteiger partial charge in [0.1, 0.15) is 5.69 Å². The smallest absolute Gasteiger partial charge is 0.292 e. The van der Waals surface area contributed by atoms with Crippen LogP contribution in [0.4, 0.5) is 11.4 Å². The van der Waals surface area contributed by atoms with Gasteiger partial charge in [-0.3, -0.25) is 14.9 Å². The molecule has 0 aromatic heterocycles. The van der Waals surface area contributed by atoms with E-state index in [1.165, 1.54) is 6.07 Å². The summed E-state index contributed by atoms with van der Waals surface area (Å²) < 4.78 is 0. The van der Waals surface area contributed by atoms with Gasteiger partial charge in [0.2, 0.25) is 5.91 Å². The van der Waals surface area contributed by atoms with Crippen molar-refractivity contribution < 1.29 is 9.72 Å². The molecule has 0 heterocycles. The van der Waals surface area contributed by atoms with Crippen molar-refractivity contribution in [2.24, 2.45) is 0 Å². The minimum Gasteiger partial charge on any atom is -0.379 e. The predicted octanol–water partition coefficient (Wildman–Crippen LogP) is 4.91. The number of carbonyl (C=O) groups excluding carboxylic acids is 1. The highest BCUT2D eigenvalue weighted by molar-refractivity contribution is 5.76. The van der Waals surface area contributed by atoms with E-state index >= 15 is 0 Å². The lowest BCUT2D eigenvalue weighted by Crippen LogP contribution is -2.39. The molecule has 3 aromatic carbocycles. The topological polar surface area (TPSA) is 84.3 Å². The number of anilines is 1. The van der Waals surface area contributed by atoms with Crippen LogP contribution < -0.4 is 10.6 Å². The number of benzene rings is 3. The quantitative estimate of drug-likeness (QED) is 0.279. The summed E-state index contributed by atoms with van der Waals surface area (Å²) in [5, 5.41) is 17.2. The minimum absolute atomic E-state index is 0.0356. The van der Waals surface area contributed by atoms with Crippen LogP contribution in [-0.4, -0.2) is 23.9 Å². The first-order valence-electron chi connectivity index (χ1n) is 10.4. The van der Waals surface area contributed by atoms with Crippen molar-refractivity contribution in [3.8, 4) is 0 Å². The number of amides is 1. The number of nitro benzene ring substituents is 1. The Morgan fingerprint density at radius 3 is 2.03 bits per heavy atom. The maximum absolute atomic E-state index is 12.5. The average Bonchev–Trinajstić information content (AvgIpc) is 2.81. The molecule has 0 radical (unpaired) electrons. The summed E-state index contributed by atoms with van der Waals surface area (Å²) >= 11 is 0. The minimum atomic E-state index is -0.414. The highest BCUT2D eigenvalue weighted by Gasteiger charge is 2.29. The molecule has 3 aromatic rings. The third-order valence-electron chi connectivity index (χ3n) is 5.46. The Morgan fingerprint density at radius 2 is 1.45 bits per heavy atom. The van der Waals surface area contributed by atoms with Crippen molar-refractivity contribution in [1.29, 1.82) is 0 Å². The average molecular weight is 418 g/mol. The van der Waals surface area contributed by atoms with Gasteiger partial charge in [-0.05, 0) is 30.5 Å². The SMILES string of the molecule is CC(CNC(=O)CCCNc1ccccc1[N+](=O)[O-])(c1ccccc1)c1ccccc1. The summed E-state index contributed by atoms with van der Waals surface area (Å²) in [6.45, 7) is 3.10. The monoisotopic (exact) mass is 417 g/mol. The van der Waals surface area contributed by atoms with Gasteiger partial charge in [0.05, 0.1) is 4.92 Å². The summed E-state index contributed by atoms with van der Waals surface area (Å²) in [7, 11) is 0. The largest absolute Gasteiger partial charge is 0.379 e. The van der Waals surface area contributed by atoms with E-state index in [0.717, 1.165) is 11.1 Å². The molecule has 0 bridgehead atoms. The van der Waals surface area contributed by atoms with Gasteiger partial charge in [0.15, 0.2) is 0 Å². The molecule has 6 nitrogen and oxygen atoms in total. The van der Waals surface area contributed by atoms with Gasteiger partial charge in [-0.15, -0.1) is 0 Å². The second-order valence-corrected chi connectivity index (χ2v) is 7.65. The van der Waals surface area contributed by atoms with Crippen LogP contribution in [0, 0.1) is 10.1 Å². The van der Waals surface area contributed by atoms with Crippen LogP contribution in [0.25, 0.3) is 0 Å². The number of carbonyl (C=O) groups is 1. The van der Waals surface area contributed by atoms with E-state index in [1.807, 2.05) is 36.4 Å². The lowest BCUT2D eigenvalue weighted by Gasteiger charge is -2.31. The fourth-order valence-corrected chi connectivity index (χ4v) is 3.60. The number of hydrogen-bond acceptors (Lipinski definition) is 4. The molecule has 0 aliphatic heterocycles. The number of hydrogen-bond donors (Lipinski definition) is 2. The molecule has 160 valence electrons. The van der Waals surface area contributed by atoms with E-state index in [9.17, 15) is 14.9 Å². The van der Waals surface area contributed by atoms with Crippen LogP contribution in [0.15, 0.2) is 84.9 Å². The highest BCUT2D eigenvalue weighted by Crippen LogP contribution is 2.31. The maximum atomic E-state index is 12.5. The number of para-hydroxylation sites is 2. The molecule has 0 aliphatic rings. The Hall–Kier alpha value is -3.67. The Bertz CT molecular complexity index is 967. The van der Waals surface area contributed by atoms with Crippen LogP contribution in [-0.2, 0) is 10.2 Å². The van der Waals surface area contributed by atoms with Crippen LogP contribution in [0.2, 0.25) is 0 Å². The molecule has 3 rings (SSSR count). The number of nitro groups is 1. The van der Waals surface area contributed by atoms with Crippen LogP contribution in [0.3, 0.4) is 0 Å². The van der Waals surface area contributed by atoms with Gasteiger partial charge in [0, 0.05) is 31.0 Å². The molecular formula is C25H27N3O3. The van der Waals surface area contributed by atoms with Gasteiger partial charge in [-0.2, -0.15) is 0 Å². The summed E-state index contributed by atoms with van der Waals surface area (Å²) in [6.07, 6.45) is 0.915. The standard InChI is InChI=1S/C25H27N3O3/c1-25(20-11-4-2-5-12-20,21-13-6-3-7-14-21)19-27-24(29)17-10-18-26-22-15-8-9-16-23(22)28(30)31/h2-9,11-16,26H,10,17-19H2,1H3,(H,27,29). The molecule has 0 aliphatic carbocycles. The number of rotatable bonds is 10. The maximum Gasteiger partial charge on any atom is 0.292 e. The fourth-order valence-electron chi connectivity index (χ4n) is 3.60. The second-order valence-electron chi connectivity index (χ2n) is 7.65. The molecule has 0 fully saturated rings. The molecule has 0 saturated heterocycles. The lowest BCUT2D eigenvalue weighted by molar-refractivity contribution is -0.384. The molecule has 2 N–H and O–H groups in total. The van der Waals surface area contributed by atoms with Crippen molar-refractivity contribution >= 4 is 17.3 Å². The molecule has 0 atom stereocenters. The molecule has 6 heteroatoms. The summed E-state index contributed by atoms with van der Waals surface area (Å²) in [5.41, 5.74) is 2.43. The molecule has 0 saturated carbocycles. The molecule has 0 unspecified atom stereocenters. The van der Waals surface area contributed by atoms with Gasteiger partial charge in [-0.25, -0.2) is 0 Å². The Morgan fingerprint density at radius 1 is 0.903 bits per heavy atom. The van der Waals surface area contributed by atoms with E-state index in [-0.39, 0.29) is 17.0 Å². The lowest BCUT2D eigenvalue weighted by atomic mass is 9.76. The Kier molecular flexibility index (Phi) is 7.38. The highest BCUT2D eigenvalue weighted by atomic mass is 16.6. The zero-order valence-electron chi connectivity index (χ0n) is 17.6. The Balaban J connectivity index is 1.56. The number of nitrogens with zero attached hydrogens (tertiary/aromatic N) is 1. The van der Waals surface area contributed by atoms with E-state index in [1.54, 1.807) is 18.2 Å². The summed E-state index contributed by atoms with van der Waals surface area (Å²) in [4.78, 5) is 23.2. The summed E-state index contributed by atoms with van der Waals surface area (Å²) in [5.74, 6) is -0.0394. The number of nitrogens with one attached hydrogen (secondary N) is 2. The Labute approximate surface area is 182 Å². The third-order valence-corrected chi connectivity index (χ3v) is 5.46. The van der Waals surface area contributed by atoms with E-state index in [4.69, 9.17) is 0 Å². The first kappa shape index (κ1) is 22.0. The summed E-state index contributed by atoms with van der Waals surface area (Å²) in [6, 6.07) is 26.8. The zero-order valence-corrected chi connectivity index (χ0v) is 17.6. The van der Waals surface area contributed by atoms with Crippen molar-refractivity contribution in [1.82, 2.24) is 5.32 Å². The zero-order chi connectivity index (χ0) is 22.1.